The molecule has 0 saturated heterocycles. The van der Waals surface area contributed by atoms with Crippen molar-refractivity contribution in [2.75, 3.05) is 0 Å². The Morgan fingerprint density at radius 2 is 0.304 bits per heavy atom. The summed E-state index contributed by atoms with van der Waals surface area (Å²) in [7, 11) is 0. The van der Waals surface area contributed by atoms with Crippen molar-refractivity contribution >= 4 is 54.4 Å². The topological polar surface area (TPSA) is 180 Å². The molecule has 13 aromatic rings. The number of nitrogens with zero attached hydrogens (tertiary/aromatic N) is 14. The van der Waals surface area contributed by atoms with Crippen molar-refractivity contribution in [1.29, 1.82) is 0 Å². The third-order valence-electron chi connectivity index (χ3n) is 25.1. The fraction of sp³-hybridized carbons (Fsp3) is 0.449. The maximum absolute atomic E-state index is 4.80. The Balaban J connectivity index is 0.000000201. The average molecular weight is 1510 g/mol. The van der Waals surface area contributed by atoms with Crippen LogP contribution in [0.1, 0.15) is 248 Å². The van der Waals surface area contributed by atoms with E-state index in [1.165, 1.54) is 188 Å². The molecule has 0 aliphatic carbocycles. The van der Waals surface area contributed by atoms with Gasteiger partial charge in [-0.3, -0.25) is 15.0 Å². The van der Waals surface area contributed by atoms with Gasteiger partial charge in [0.2, 0.25) is 0 Å². The van der Waals surface area contributed by atoms with Crippen LogP contribution in [0.4, 0.5) is 0 Å². The number of benzene rings is 5. The van der Waals surface area contributed by atoms with Crippen LogP contribution in [0.15, 0.2) is 0 Å². The fourth-order valence-corrected chi connectivity index (χ4v) is 15.2. The van der Waals surface area contributed by atoms with Gasteiger partial charge in [-0.1, -0.05) is 0 Å². The van der Waals surface area contributed by atoms with E-state index in [1.807, 2.05) is 83.1 Å². The highest BCUT2D eigenvalue weighted by molar-refractivity contribution is 5.96. The smallest absolute Gasteiger partial charge is 0.129 e. The van der Waals surface area contributed by atoms with Crippen LogP contribution in [0.25, 0.3) is 54.4 Å². The monoisotopic (exact) mass is 1510 g/mol. The van der Waals surface area contributed by atoms with E-state index in [1.54, 1.807) is 0 Å². The van der Waals surface area contributed by atoms with Crippen LogP contribution in [0.3, 0.4) is 0 Å². The summed E-state index contributed by atoms with van der Waals surface area (Å²) in [5.41, 5.74) is 53.9. The minimum absolute atomic E-state index is 0.792. The Labute approximate surface area is 672 Å². The lowest BCUT2D eigenvalue weighted by molar-refractivity contribution is 0.875. The maximum Gasteiger partial charge on any atom is 0.129 e. The molecule has 0 bridgehead atoms. The van der Waals surface area contributed by atoms with Crippen molar-refractivity contribution < 1.29 is 0 Å². The summed E-state index contributed by atoms with van der Waals surface area (Å²) in [6, 6.07) is 0. The first kappa shape index (κ1) is 91.1. The molecule has 0 spiro atoms. The molecule has 8 aromatic heterocycles. The lowest BCUT2D eigenvalue weighted by atomic mass is 9.89. The molecule has 0 unspecified atom stereocenters. The van der Waals surface area contributed by atoms with Gasteiger partial charge >= 0.3 is 0 Å². The zero-order valence-electron chi connectivity index (χ0n) is 77.3. The van der Waals surface area contributed by atoms with E-state index in [0.29, 0.717) is 0 Å². The van der Waals surface area contributed by atoms with Gasteiger partial charge in [-0.2, -0.15) is 10.2 Å². The zero-order valence-corrected chi connectivity index (χ0v) is 77.3. The van der Waals surface area contributed by atoms with Crippen molar-refractivity contribution in [3.63, 3.8) is 0 Å². The first-order chi connectivity index (χ1) is 51.9. The Morgan fingerprint density at radius 1 is 0.0982 bits per heavy atom. The zero-order chi connectivity index (χ0) is 85.1. The van der Waals surface area contributed by atoms with Crippen LogP contribution in [0, 0.1) is 305 Å². The van der Waals surface area contributed by atoms with E-state index in [2.05, 4.69) is 287 Å². The summed E-state index contributed by atoms with van der Waals surface area (Å²) >= 11 is 0. The van der Waals surface area contributed by atoms with Crippen LogP contribution in [0.5, 0.6) is 0 Å². The van der Waals surface area contributed by atoms with Gasteiger partial charge in [-0.15, -0.1) is 0 Å². The highest BCUT2D eigenvalue weighted by atomic mass is 15.1. The van der Waals surface area contributed by atoms with Crippen molar-refractivity contribution in [3.05, 3.63) is 248 Å². The van der Waals surface area contributed by atoms with Gasteiger partial charge in [0, 0.05) is 72.5 Å². The summed E-state index contributed by atoms with van der Waals surface area (Å²) in [4.78, 5) is 52.8. The van der Waals surface area contributed by atoms with Gasteiger partial charge < -0.3 is 0 Å². The van der Waals surface area contributed by atoms with E-state index < -0.39 is 0 Å². The molecular weight excluding hydrogens is 1370 g/mol. The Morgan fingerprint density at radius 3 is 0.679 bits per heavy atom. The maximum atomic E-state index is 4.80. The second-order valence-electron chi connectivity index (χ2n) is 31.8. The number of aromatic nitrogens is 14. The molecule has 0 fully saturated rings. The molecule has 0 atom stereocenters. The summed E-state index contributed by atoms with van der Waals surface area (Å²) in [5, 5.41) is 16.4. The summed E-state index contributed by atoms with van der Waals surface area (Å²) in [6.07, 6.45) is 0. The van der Waals surface area contributed by atoms with Crippen molar-refractivity contribution in [2.45, 2.75) is 305 Å². The summed E-state index contributed by atoms with van der Waals surface area (Å²) < 4.78 is 0. The van der Waals surface area contributed by atoms with Crippen LogP contribution in [-0.4, -0.2) is 70.0 Å². The average Bonchev–Trinajstić information content (AvgIpc) is 0.771. The van der Waals surface area contributed by atoms with Crippen LogP contribution >= 0.6 is 0 Å². The molecule has 112 heavy (non-hydrogen) atoms. The molecule has 14 nitrogen and oxygen atoms in total. The van der Waals surface area contributed by atoms with E-state index in [0.717, 1.165) is 114 Å². The van der Waals surface area contributed by atoms with Gasteiger partial charge in [0.1, 0.15) is 29.1 Å². The molecule has 0 aliphatic rings. The summed E-state index contributed by atoms with van der Waals surface area (Å²) in [5.74, 6) is 4.09. The molecule has 594 valence electrons. The first-order valence-electron chi connectivity index (χ1n) is 39.5. The third kappa shape index (κ3) is 19.1. The fourth-order valence-electron chi connectivity index (χ4n) is 15.2. The third-order valence-corrected chi connectivity index (χ3v) is 25.1. The lowest BCUT2D eigenvalue weighted by Crippen LogP contribution is -2.01. The Kier molecular flexibility index (Phi) is 29.9. The SMILES string of the molecule is Cc1c(C)c(C)c2c(C)nnc(C)c2c1C.Cc1nc(C)c(C)c(C)c1C.Cc1nc(C)c(C)c(C)n1.Cc1nc(C)c2c(C)c(C)c(C)c(C)c2c1C.Cc1nc(C)c2c(C)c(C)c(C)c(C)c2n1.Cc1nc(C)nc(C)n1.Cc1nc2c(C)c(C)c(C)c(C)c2c(C)c1C.Cc1nc2c(C)c(C)c(C)c(C)c2nc1C. The number of fused-ring (bicyclic) bond motifs is 5. The minimum atomic E-state index is 0.792. The Hall–Kier alpha value is -9.82. The molecule has 8 heterocycles. The molecular formula is C98H132N14. The second-order valence-corrected chi connectivity index (χ2v) is 31.8. The van der Waals surface area contributed by atoms with Crippen molar-refractivity contribution in [2.24, 2.45) is 0 Å². The number of hydrogen-bond acceptors (Lipinski definition) is 14. The molecule has 0 aliphatic heterocycles. The highest BCUT2D eigenvalue weighted by Gasteiger charge is 2.20. The second kappa shape index (κ2) is 36.8. The first-order valence-corrected chi connectivity index (χ1v) is 39.5. The number of hydrogen-bond donors (Lipinski definition) is 0. The Bertz CT molecular complexity index is 5620. The molecule has 0 saturated carbocycles. The van der Waals surface area contributed by atoms with E-state index in [4.69, 9.17) is 4.98 Å². The van der Waals surface area contributed by atoms with Crippen molar-refractivity contribution in [1.82, 2.24) is 70.0 Å². The van der Waals surface area contributed by atoms with Gasteiger partial charge in [0.15, 0.2) is 0 Å². The molecule has 0 N–H and O–H groups in total. The molecule has 14 heteroatoms. The van der Waals surface area contributed by atoms with E-state index in [-0.39, 0.29) is 0 Å². The number of rotatable bonds is 0. The van der Waals surface area contributed by atoms with Gasteiger partial charge in [-0.25, -0.2) is 44.9 Å². The van der Waals surface area contributed by atoms with Gasteiger partial charge in [0.05, 0.1) is 44.8 Å². The van der Waals surface area contributed by atoms with Crippen LogP contribution < -0.4 is 0 Å². The predicted molar refractivity (Wildman–Crippen MR) is 477 cm³/mol. The lowest BCUT2D eigenvalue weighted by Gasteiger charge is -2.18. The molecule has 13 rings (SSSR count). The molecule has 0 amide bonds. The standard InChI is InChI=1S/2C16H21N.3C14H18N2.C10H15N.C8H12N2.C6H9N3/c1-8-9(2)13(6)16-15(11(8)4)12(5)10(3)14(7)17-16;1-8-9(2)11(4)16-14(7)17-13(6)12(5)15(16)10(8)3;1-7-8(2)10(4)14-13(9(7)3)11(5)15-12(6)16-14;1-7-8(2)10(4)14-12(6)16-15-11(5)13(14)9(7)3;1-7-8(2)10(4)14-13(9(7)3)15-11(5)12(6)16-14;1-6-7(2)9(4)11-10(5)8(6)3;1-5-6(2)9-8(4)10-7(5)3;1-4-7-5(2)9-6(3)8-4/h2*1-7H3;3*1-6H3;1-5H3;1-4H3;1-3H3. The molecule has 0 radical (unpaired) electrons. The quantitative estimate of drug-likeness (QED) is 0.140. The highest BCUT2D eigenvalue weighted by Crippen LogP contribution is 2.37. The van der Waals surface area contributed by atoms with Crippen LogP contribution in [-0.2, 0) is 0 Å². The van der Waals surface area contributed by atoms with E-state index >= 15 is 0 Å². The minimum Gasteiger partial charge on any atom is -0.258 e. The number of aryl methyl sites for hydroxylation is 29. The van der Waals surface area contributed by atoms with Gasteiger partial charge in [-0.05, 0) is 460 Å². The van der Waals surface area contributed by atoms with Crippen LogP contribution in [0.2, 0.25) is 0 Å². The predicted octanol–water partition coefficient (Wildman–Crippen LogP) is 24.4. The molecule has 5 aromatic carbocycles. The summed E-state index contributed by atoms with van der Waals surface area (Å²) in [6.45, 7) is 92.8. The van der Waals surface area contributed by atoms with Gasteiger partial charge in [0.25, 0.3) is 0 Å². The van der Waals surface area contributed by atoms with Crippen molar-refractivity contribution in [3.8, 4) is 0 Å². The number of pyridine rings is 3. The largest absolute Gasteiger partial charge is 0.258 e. The normalized spacial score (nSPS) is 10.9. The van der Waals surface area contributed by atoms with E-state index in [9.17, 15) is 0 Å².